The van der Waals surface area contributed by atoms with Gasteiger partial charge in [0.1, 0.15) is 5.69 Å². The maximum Gasteiger partial charge on any atom is 0.274 e. The zero-order valence-electron chi connectivity index (χ0n) is 14.8. The van der Waals surface area contributed by atoms with E-state index in [2.05, 4.69) is 20.9 Å². The molecule has 0 aliphatic heterocycles. The topological polar surface area (TPSA) is 83.1 Å². The molecule has 142 valence electrons. The molecule has 0 unspecified atom stereocenters. The largest absolute Gasteiger partial charge is 0.355 e. The highest BCUT2D eigenvalue weighted by Gasteiger charge is 2.10. The van der Waals surface area contributed by atoms with E-state index < -0.39 is 17.5 Å². The Morgan fingerprint density at radius 1 is 0.786 bits per heavy atom. The number of amides is 2. The lowest BCUT2D eigenvalue weighted by atomic mass is 10.2. The Kier molecular flexibility index (Phi) is 5.59. The molecule has 3 rings (SSSR count). The molecule has 1 aromatic heterocycles. The van der Waals surface area contributed by atoms with Gasteiger partial charge in [0.05, 0.1) is 0 Å². The fourth-order valence-electron chi connectivity index (χ4n) is 2.41. The van der Waals surface area contributed by atoms with E-state index in [1.165, 1.54) is 25.3 Å². The minimum atomic E-state index is -0.972. The van der Waals surface area contributed by atoms with Gasteiger partial charge in [0.15, 0.2) is 11.6 Å². The van der Waals surface area contributed by atoms with Crippen LogP contribution in [0.4, 0.5) is 31.5 Å². The molecule has 0 saturated carbocycles. The maximum atomic E-state index is 13.3. The van der Waals surface area contributed by atoms with Crippen molar-refractivity contribution in [2.24, 2.45) is 0 Å². The molecule has 3 N–H and O–H groups in total. The normalized spacial score (nSPS) is 10.2. The molecule has 0 fully saturated rings. The summed E-state index contributed by atoms with van der Waals surface area (Å²) >= 11 is 0. The van der Waals surface area contributed by atoms with Gasteiger partial charge < -0.3 is 16.0 Å². The minimum absolute atomic E-state index is 0.138. The van der Waals surface area contributed by atoms with Crippen molar-refractivity contribution in [1.82, 2.24) is 4.98 Å². The maximum absolute atomic E-state index is 13.3. The van der Waals surface area contributed by atoms with Crippen molar-refractivity contribution in [3.63, 3.8) is 0 Å². The third kappa shape index (κ3) is 4.88. The predicted octanol–water partition coefficient (Wildman–Crippen LogP) is 4.31. The summed E-state index contributed by atoms with van der Waals surface area (Å²) in [6.07, 6.45) is 1.43. The Hall–Kier alpha value is -3.81. The third-order valence-corrected chi connectivity index (χ3v) is 3.66. The van der Waals surface area contributed by atoms with Crippen LogP contribution in [0, 0.1) is 11.6 Å². The van der Waals surface area contributed by atoms with E-state index in [4.69, 9.17) is 0 Å². The molecule has 2 aromatic carbocycles. The number of anilines is 4. The van der Waals surface area contributed by atoms with E-state index in [0.29, 0.717) is 22.7 Å². The molecular weight excluding hydrogens is 366 g/mol. The first-order valence-electron chi connectivity index (χ1n) is 8.28. The van der Waals surface area contributed by atoms with E-state index in [1.54, 1.807) is 30.3 Å². The van der Waals surface area contributed by atoms with Crippen molar-refractivity contribution in [2.45, 2.75) is 6.92 Å². The molecule has 2 amide bonds. The smallest absolute Gasteiger partial charge is 0.274 e. The summed E-state index contributed by atoms with van der Waals surface area (Å²) in [6, 6.07) is 13.1. The molecule has 0 atom stereocenters. The number of pyridine rings is 1. The zero-order valence-corrected chi connectivity index (χ0v) is 14.8. The molecule has 0 spiro atoms. The van der Waals surface area contributed by atoms with Crippen LogP contribution in [0.25, 0.3) is 0 Å². The summed E-state index contributed by atoms with van der Waals surface area (Å²) in [6.45, 7) is 1.41. The molecule has 1 heterocycles. The van der Waals surface area contributed by atoms with Crippen molar-refractivity contribution < 1.29 is 18.4 Å². The van der Waals surface area contributed by atoms with Gasteiger partial charge in [-0.25, -0.2) is 8.78 Å². The van der Waals surface area contributed by atoms with Crippen LogP contribution in [0.2, 0.25) is 0 Å². The fraction of sp³-hybridized carbons (Fsp3) is 0.0500. The molecule has 6 nitrogen and oxygen atoms in total. The number of nitrogens with one attached hydrogen (secondary N) is 3. The van der Waals surface area contributed by atoms with Crippen LogP contribution < -0.4 is 16.0 Å². The van der Waals surface area contributed by atoms with Crippen LogP contribution in [-0.2, 0) is 4.79 Å². The summed E-state index contributed by atoms with van der Waals surface area (Å²) in [4.78, 5) is 27.4. The van der Waals surface area contributed by atoms with Gasteiger partial charge in [-0.3, -0.25) is 14.6 Å². The number of hydrogen-bond acceptors (Lipinski definition) is 4. The highest BCUT2D eigenvalue weighted by atomic mass is 19.2. The van der Waals surface area contributed by atoms with Gasteiger partial charge in [-0.2, -0.15) is 0 Å². The monoisotopic (exact) mass is 382 g/mol. The van der Waals surface area contributed by atoms with Crippen molar-refractivity contribution in [1.29, 1.82) is 0 Å². The van der Waals surface area contributed by atoms with Crippen LogP contribution in [0.5, 0.6) is 0 Å². The first-order valence-corrected chi connectivity index (χ1v) is 8.28. The number of aromatic nitrogens is 1. The number of rotatable bonds is 5. The Morgan fingerprint density at radius 3 is 2.04 bits per heavy atom. The first kappa shape index (κ1) is 19.0. The summed E-state index contributed by atoms with van der Waals surface area (Å²) in [5, 5.41) is 8.22. The van der Waals surface area contributed by atoms with E-state index in [1.807, 2.05) is 0 Å². The van der Waals surface area contributed by atoms with Gasteiger partial charge in [-0.15, -0.1) is 0 Å². The molecular formula is C20H16F2N4O2. The molecule has 8 heteroatoms. The van der Waals surface area contributed by atoms with Crippen molar-refractivity contribution >= 4 is 34.6 Å². The predicted molar refractivity (Wildman–Crippen MR) is 103 cm³/mol. The average molecular weight is 382 g/mol. The molecule has 3 aromatic rings. The summed E-state index contributed by atoms with van der Waals surface area (Å²) in [5.74, 6) is -2.54. The number of carbonyl (C=O) groups excluding carboxylic acids is 2. The second kappa shape index (κ2) is 8.26. The molecule has 0 bridgehead atoms. The Morgan fingerprint density at radius 2 is 1.39 bits per heavy atom. The van der Waals surface area contributed by atoms with Crippen molar-refractivity contribution in [3.05, 3.63) is 78.1 Å². The van der Waals surface area contributed by atoms with Crippen LogP contribution in [0.15, 0.2) is 60.8 Å². The van der Waals surface area contributed by atoms with Crippen LogP contribution in [0.3, 0.4) is 0 Å². The molecule has 0 aliphatic rings. The SMILES string of the molecule is CC(=O)Nc1ccc(NC(=O)c2cc(Nc3ccc(F)c(F)c3)ccn2)cc1. The lowest BCUT2D eigenvalue weighted by Gasteiger charge is -2.09. The van der Waals surface area contributed by atoms with Crippen LogP contribution >= 0.6 is 0 Å². The Balaban J connectivity index is 1.69. The van der Waals surface area contributed by atoms with E-state index in [9.17, 15) is 18.4 Å². The van der Waals surface area contributed by atoms with Gasteiger partial charge in [-0.05, 0) is 48.5 Å². The van der Waals surface area contributed by atoms with Crippen molar-refractivity contribution in [2.75, 3.05) is 16.0 Å². The molecule has 0 aliphatic carbocycles. The van der Waals surface area contributed by atoms with Gasteiger partial charge in [0.2, 0.25) is 5.91 Å². The molecule has 0 radical (unpaired) electrons. The molecule has 0 saturated heterocycles. The summed E-state index contributed by atoms with van der Waals surface area (Å²) < 4.78 is 26.3. The highest BCUT2D eigenvalue weighted by molar-refractivity contribution is 6.03. The van der Waals surface area contributed by atoms with Gasteiger partial charge in [0, 0.05) is 41.9 Å². The summed E-state index contributed by atoms with van der Waals surface area (Å²) in [5.41, 5.74) is 2.11. The molecule has 28 heavy (non-hydrogen) atoms. The number of carbonyl (C=O) groups is 2. The number of halogens is 2. The van der Waals surface area contributed by atoms with Crippen LogP contribution in [0.1, 0.15) is 17.4 Å². The second-order valence-electron chi connectivity index (χ2n) is 5.90. The van der Waals surface area contributed by atoms with E-state index in [0.717, 1.165) is 12.1 Å². The number of benzene rings is 2. The van der Waals surface area contributed by atoms with E-state index >= 15 is 0 Å². The Labute approximate surface area is 159 Å². The van der Waals surface area contributed by atoms with Crippen molar-refractivity contribution in [3.8, 4) is 0 Å². The fourth-order valence-corrected chi connectivity index (χ4v) is 2.41. The van der Waals surface area contributed by atoms with Gasteiger partial charge in [-0.1, -0.05) is 0 Å². The third-order valence-electron chi connectivity index (χ3n) is 3.66. The van der Waals surface area contributed by atoms with E-state index in [-0.39, 0.29) is 11.6 Å². The number of hydrogen-bond donors (Lipinski definition) is 3. The standard InChI is InChI=1S/C20H16F2N4O2/c1-12(27)24-13-2-4-14(5-3-13)26-20(28)19-11-16(8-9-23-19)25-15-6-7-17(21)18(22)10-15/h2-11H,1H3,(H,23,25)(H,24,27)(H,26,28). The lowest BCUT2D eigenvalue weighted by Crippen LogP contribution is -2.14. The first-order chi connectivity index (χ1) is 13.4. The van der Waals surface area contributed by atoms with Gasteiger partial charge >= 0.3 is 0 Å². The quantitative estimate of drug-likeness (QED) is 0.614. The van der Waals surface area contributed by atoms with Gasteiger partial charge in [0.25, 0.3) is 5.91 Å². The Bertz CT molecular complexity index is 1020. The number of nitrogens with zero attached hydrogens (tertiary/aromatic N) is 1. The van der Waals surface area contributed by atoms with Crippen LogP contribution in [-0.4, -0.2) is 16.8 Å². The zero-order chi connectivity index (χ0) is 20.1. The summed E-state index contributed by atoms with van der Waals surface area (Å²) in [7, 11) is 0. The minimum Gasteiger partial charge on any atom is -0.355 e. The second-order valence-corrected chi connectivity index (χ2v) is 5.90. The highest BCUT2D eigenvalue weighted by Crippen LogP contribution is 2.20. The average Bonchev–Trinajstić information content (AvgIpc) is 2.66. The lowest BCUT2D eigenvalue weighted by molar-refractivity contribution is -0.114.